The molecule has 23 heavy (non-hydrogen) atoms. The molecule has 1 saturated heterocycles. The number of halogens is 1. The summed E-state index contributed by atoms with van der Waals surface area (Å²) in [5.74, 6) is 0.847. The molecule has 0 aromatic heterocycles. The van der Waals surface area contributed by atoms with Gasteiger partial charge in [-0.1, -0.05) is 11.6 Å². The zero-order valence-corrected chi connectivity index (χ0v) is 14.3. The number of benzene rings is 1. The van der Waals surface area contributed by atoms with Crippen molar-refractivity contribution in [2.24, 2.45) is 0 Å². The molecule has 128 valence electrons. The summed E-state index contributed by atoms with van der Waals surface area (Å²) in [6.07, 6.45) is 0. The molecule has 0 unspecified atom stereocenters. The first-order chi connectivity index (χ1) is 11.1. The Bertz CT molecular complexity index is 545. The first kappa shape index (κ1) is 17.8. The Morgan fingerprint density at radius 2 is 2.00 bits per heavy atom. The minimum absolute atomic E-state index is 0.0723. The molecule has 0 atom stereocenters. The number of carbonyl (C=O) groups excluding carboxylic acids is 1. The van der Waals surface area contributed by atoms with E-state index in [1.54, 1.807) is 17.0 Å². The zero-order valence-electron chi connectivity index (χ0n) is 13.5. The lowest BCUT2D eigenvalue weighted by molar-refractivity contribution is 0.0614. The highest BCUT2D eigenvalue weighted by Crippen LogP contribution is 2.36. The molecule has 1 aromatic carbocycles. The van der Waals surface area contributed by atoms with Crippen LogP contribution in [0.1, 0.15) is 17.3 Å². The molecule has 1 aromatic rings. The second-order valence-electron chi connectivity index (χ2n) is 5.28. The average molecular weight is 343 g/mol. The maximum absolute atomic E-state index is 12.7. The summed E-state index contributed by atoms with van der Waals surface area (Å²) in [6.45, 7) is 5.89. The van der Waals surface area contributed by atoms with Crippen molar-refractivity contribution in [3.63, 3.8) is 0 Å². The van der Waals surface area contributed by atoms with Gasteiger partial charge in [-0.25, -0.2) is 0 Å². The lowest BCUT2D eigenvalue weighted by atomic mass is 10.1. The molecule has 1 aliphatic rings. The van der Waals surface area contributed by atoms with E-state index in [-0.39, 0.29) is 12.5 Å². The van der Waals surface area contributed by atoms with Gasteiger partial charge < -0.3 is 19.5 Å². The van der Waals surface area contributed by atoms with Crippen molar-refractivity contribution in [3.8, 4) is 11.5 Å². The Hall–Kier alpha value is -1.50. The second kappa shape index (κ2) is 8.38. The molecule has 1 aliphatic heterocycles. The van der Waals surface area contributed by atoms with E-state index in [0.717, 1.165) is 13.1 Å². The van der Waals surface area contributed by atoms with Gasteiger partial charge in [0.05, 0.1) is 25.3 Å². The fraction of sp³-hybridized carbons (Fsp3) is 0.562. The Labute approximate surface area is 141 Å². The zero-order chi connectivity index (χ0) is 16.8. The van der Waals surface area contributed by atoms with Crippen molar-refractivity contribution in [1.82, 2.24) is 9.80 Å². The van der Waals surface area contributed by atoms with Crippen molar-refractivity contribution in [3.05, 3.63) is 22.7 Å². The van der Waals surface area contributed by atoms with Crippen molar-refractivity contribution in [2.45, 2.75) is 6.92 Å². The molecule has 1 fully saturated rings. The minimum atomic E-state index is -0.0723. The fourth-order valence-electron chi connectivity index (χ4n) is 2.63. The van der Waals surface area contributed by atoms with Crippen LogP contribution in [0.15, 0.2) is 12.1 Å². The van der Waals surface area contributed by atoms with Gasteiger partial charge in [-0.2, -0.15) is 0 Å². The number of nitrogens with zero attached hydrogens (tertiary/aromatic N) is 2. The number of aliphatic hydroxyl groups excluding tert-OH is 1. The Morgan fingerprint density at radius 3 is 2.57 bits per heavy atom. The first-order valence-electron chi connectivity index (χ1n) is 7.73. The lowest BCUT2D eigenvalue weighted by Crippen LogP contribution is -2.49. The number of hydrogen-bond acceptors (Lipinski definition) is 5. The molecule has 6 nitrogen and oxygen atoms in total. The number of aliphatic hydroxyl groups is 1. The van der Waals surface area contributed by atoms with E-state index in [1.165, 1.54) is 7.11 Å². The van der Waals surface area contributed by atoms with E-state index < -0.39 is 0 Å². The highest BCUT2D eigenvalue weighted by molar-refractivity contribution is 6.32. The molecule has 1 heterocycles. The molecule has 1 amide bonds. The topological polar surface area (TPSA) is 62.2 Å². The highest BCUT2D eigenvalue weighted by atomic mass is 35.5. The van der Waals surface area contributed by atoms with Gasteiger partial charge >= 0.3 is 0 Å². The largest absolute Gasteiger partial charge is 0.493 e. The highest BCUT2D eigenvalue weighted by Gasteiger charge is 2.24. The SMILES string of the molecule is CCOc1c(Cl)cc(C(=O)N2CCN(CCO)CC2)cc1OC. The second-order valence-corrected chi connectivity index (χ2v) is 5.69. The number of piperazine rings is 1. The van der Waals surface area contributed by atoms with Gasteiger partial charge in [0.25, 0.3) is 5.91 Å². The number of hydrogen-bond donors (Lipinski definition) is 1. The van der Waals surface area contributed by atoms with Gasteiger partial charge in [-0.3, -0.25) is 9.69 Å². The molecule has 0 spiro atoms. The van der Waals surface area contributed by atoms with Gasteiger partial charge in [0.2, 0.25) is 0 Å². The van der Waals surface area contributed by atoms with Gasteiger partial charge in [0.15, 0.2) is 11.5 Å². The first-order valence-corrected chi connectivity index (χ1v) is 8.11. The van der Waals surface area contributed by atoms with Crippen LogP contribution in [-0.4, -0.2) is 73.9 Å². The minimum Gasteiger partial charge on any atom is -0.493 e. The molecular weight excluding hydrogens is 320 g/mol. The third kappa shape index (κ3) is 4.28. The van der Waals surface area contributed by atoms with Gasteiger partial charge in [-0.05, 0) is 19.1 Å². The van der Waals surface area contributed by atoms with E-state index >= 15 is 0 Å². The number of β-amino-alcohol motifs (C(OH)–C–C–N with tert-alkyl or cyclic N) is 1. The molecule has 0 bridgehead atoms. The molecule has 0 radical (unpaired) electrons. The number of methoxy groups -OCH3 is 1. The Morgan fingerprint density at radius 1 is 1.30 bits per heavy atom. The van der Waals surface area contributed by atoms with Crippen molar-refractivity contribution in [2.75, 3.05) is 53.0 Å². The number of rotatable bonds is 6. The summed E-state index contributed by atoms with van der Waals surface area (Å²) < 4.78 is 10.8. The number of ether oxygens (including phenoxy) is 2. The summed E-state index contributed by atoms with van der Waals surface area (Å²) in [6, 6.07) is 3.29. The van der Waals surface area contributed by atoms with E-state index in [0.29, 0.717) is 48.3 Å². The van der Waals surface area contributed by atoms with Crippen LogP contribution >= 0.6 is 11.6 Å². The fourth-order valence-corrected chi connectivity index (χ4v) is 2.89. The normalized spacial score (nSPS) is 15.6. The third-order valence-corrected chi connectivity index (χ3v) is 4.12. The average Bonchev–Trinajstić information content (AvgIpc) is 2.57. The van der Waals surface area contributed by atoms with Crippen LogP contribution in [-0.2, 0) is 0 Å². The molecule has 1 N–H and O–H groups in total. The van der Waals surface area contributed by atoms with Crippen molar-refractivity contribution in [1.29, 1.82) is 0 Å². The van der Waals surface area contributed by atoms with E-state index in [4.69, 9.17) is 26.2 Å². The maximum atomic E-state index is 12.7. The lowest BCUT2D eigenvalue weighted by Gasteiger charge is -2.34. The predicted molar refractivity (Wildman–Crippen MR) is 88.6 cm³/mol. The summed E-state index contributed by atoms with van der Waals surface area (Å²) in [5.41, 5.74) is 0.492. The Balaban J connectivity index is 2.12. The smallest absolute Gasteiger partial charge is 0.254 e. The van der Waals surface area contributed by atoms with Crippen LogP contribution in [0.25, 0.3) is 0 Å². The molecule has 7 heteroatoms. The van der Waals surface area contributed by atoms with E-state index in [1.807, 2.05) is 6.92 Å². The molecule has 2 rings (SSSR count). The van der Waals surface area contributed by atoms with Gasteiger partial charge in [-0.15, -0.1) is 0 Å². The number of amides is 1. The van der Waals surface area contributed by atoms with Gasteiger partial charge in [0, 0.05) is 38.3 Å². The monoisotopic (exact) mass is 342 g/mol. The van der Waals surface area contributed by atoms with E-state index in [9.17, 15) is 4.79 Å². The van der Waals surface area contributed by atoms with E-state index in [2.05, 4.69) is 4.90 Å². The van der Waals surface area contributed by atoms with Crippen LogP contribution in [0.5, 0.6) is 11.5 Å². The Kier molecular flexibility index (Phi) is 6.50. The summed E-state index contributed by atoms with van der Waals surface area (Å²) in [7, 11) is 1.52. The molecular formula is C16H23ClN2O4. The quantitative estimate of drug-likeness (QED) is 0.849. The van der Waals surface area contributed by atoms with Crippen LogP contribution in [0, 0.1) is 0 Å². The van der Waals surface area contributed by atoms with Crippen LogP contribution in [0.4, 0.5) is 0 Å². The predicted octanol–water partition coefficient (Wildman–Crippen LogP) is 1.50. The standard InChI is InChI=1S/C16H23ClN2O4/c1-3-23-15-13(17)10-12(11-14(15)22-2)16(21)19-6-4-18(5-7-19)8-9-20/h10-11,20H,3-9H2,1-2H3. The third-order valence-electron chi connectivity index (χ3n) is 3.84. The van der Waals surface area contributed by atoms with Crippen LogP contribution in [0.3, 0.4) is 0 Å². The maximum Gasteiger partial charge on any atom is 0.254 e. The molecule has 0 aliphatic carbocycles. The van der Waals surface area contributed by atoms with Crippen LogP contribution in [0.2, 0.25) is 5.02 Å². The van der Waals surface area contributed by atoms with Gasteiger partial charge in [0.1, 0.15) is 0 Å². The summed E-state index contributed by atoms with van der Waals surface area (Å²) >= 11 is 6.23. The van der Waals surface area contributed by atoms with Crippen molar-refractivity contribution >= 4 is 17.5 Å². The number of carbonyl (C=O) groups is 1. The van der Waals surface area contributed by atoms with Crippen molar-refractivity contribution < 1.29 is 19.4 Å². The molecule has 0 saturated carbocycles. The van der Waals surface area contributed by atoms with Crippen LogP contribution < -0.4 is 9.47 Å². The summed E-state index contributed by atoms with van der Waals surface area (Å²) in [4.78, 5) is 16.6. The summed E-state index contributed by atoms with van der Waals surface area (Å²) in [5, 5.41) is 9.34.